The van der Waals surface area contributed by atoms with Crippen LogP contribution < -0.4 is 5.73 Å². The Morgan fingerprint density at radius 1 is 1.41 bits per heavy atom. The van der Waals surface area contributed by atoms with Crippen molar-refractivity contribution in [2.45, 2.75) is 64.5 Å². The minimum atomic E-state index is 0.324. The molecule has 0 spiro atoms. The summed E-state index contributed by atoms with van der Waals surface area (Å²) in [5.74, 6) is 1.37. The number of nitrogens with two attached hydrogens (primary N) is 1. The van der Waals surface area contributed by atoms with Gasteiger partial charge in [0.1, 0.15) is 0 Å². The fourth-order valence-corrected chi connectivity index (χ4v) is 3.05. The number of nitrogens with zero attached hydrogens (tertiary/aromatic N) is 2. The van der Waals surface area contributed by atoms with Crippen LogP contribution in [0.5, 0.6) is 0 Å². The Labute approximate surface area is 104 Å². The predicted octanol–water partition coefficient (Wildman–Crippen LogP) is 2.91. The molecule has 1 aliphatic carbocycles. The molecule has 3 heteroatoms. The zero-order valence-electron chi connectivity index (χ0n) is 11.1. The Morgan fingerprint density at radius 3 is 2.94 bits per heavy atom. The summed E-state index contributed by atoms with van der Waals surface area (Å²) in [6.45, 7) is 5.51. The number of hydrogen-bond donors (Lipinski definition) is 1. The van der Waals surface area contributed by atoms with E-state index in [0.717, 1.165) is 18.9 Å². The zero-order chi connectivity index (χ0) is 12.3. The van der Waals surface area contributed by atoms with Gasteiger partial charge in [-0.3, -0.25) is 4.68 Å². The molecule has 3 atom stereocenters. The zero-order valence-corrected chi connectivity index (χ0v) is 11.1. The summed E-state index contributed by atoms with van der Waals surface area (Å²) in [6.07, 6.45) is 8.05. The lowest BCUT2D eigenvalue weighted by atomic mass is 9.76. The monoisotopic (exact) mass is 235 g/mol. The van der Waals surface area contributed by atoms with E-state index in [0.29, 0.717) is 12.0 Å². The van der Waals surface area contributed by atoms with Crippen LogP contribution in [0.4, 0.5) is 0 Å². The first kappa shape index (κ1) is 12.6. The Kier molecular flexibility index (Phi) is 4.21. The highest BCUT2D eigenvalue weighted by atomic mass is 15.3. The lowest BCUT2D eigenvalue weighted by Crippen LogP contribution is -2.35. The van der Waals surface area contributed by atoms with E-state index >= 15 is 0 Å². The maximum atomic E-state index is 6.31. The van der Waals surface area contributed by atoms with Crippen LogP contribution in [-0.4, -0.2) is 15.8 Å². The molecule has 17 heavy (non-hydrogen) atoms. The molecule has 1 aromatic heterocycles. The van der Waals surface area contributed by atoms with Gasteiger partial charge in [-0.25, -0.2) is 0 Å². The third-order valence-electron chi connectivity index (χ3n) is 4.15. The second kappa shape index (κ2) is 5.67. The van der Waals surface area contributed by atoms with Gasteiger partial charge in [0, 0.05) is 30.4 Å². The summed E-state index contributed by atoms with van der Waals surface area (Å²) >= 11 is 0. The van der Waals surface area contributed by atoms with Gasteiger partial charge in [0.2, 0.25) is 0 Å². The summed E-state index contributed by atoms with van der Waals surface area (Å²) in [7, 11) is 0. The number of rotatable bonds is 4. The van der Waals surface area contributed by atoms with Gasteiger partial charge >= 0.3 is 0 Å². The number of hydrogen-bond acceptors (Lipinski definition) is 2. The molecular formula is C14H25N3. The first-order valence-corrected chi connectivity index (χ1v) is 7.03. The average Bonchev–Trinajstić information content (AvgIpc) is 2.78. The second-order valence-electron chi connectivity index (χ2n) is 5.34. The maximum Gasteiger partial charge on any atom is 0.0492 e. The Morgan fingerprint density at radius 2 is 2.24 bits per heavy atom. The van der Waals surface area contributed by atoms with Crippen molar-refractivity contribution < 1.29 is 0 Å². The van der Waals surface area contributed by atoms with E-state index in [-0.39, 0.29) is 0 Å². The minimum absolute atomic E-state index is 0.324. The van der Waals surface area contributed by atoms with Crippen molar-refractivity contribution in [1.82, 2.24) is 9.78 Å². The number of aryl methyl sites for hydroxylation is 1. The van der Waals surface area contributed by atoms with Crippen LogP contribution in [0, 0.1) is 5.92 Å². The molecule has 0 bridgehead atoms. The molecule has 1 aromatic rings. The summed E-state index contributed by atoms with van der Waals surface area (Å²) in [5.41, 5.74) is 7.67. The normalized spacial score (nSPS) is 29.5. The lowest BCUT2D eigenvalue weighted by molar-refractivity contribution is 0.272. The Bertz CT molecular complexity index is 345. The van der Waals surface area contributed by atoms with E-state index in [1.54, 1.807) is 0 Å². The van der Waals surface area contributed by atoms with Gasteiger partial charge in [0.15, 0.2) is 0 Å². The lowest BCUT2D eigenvalue weighted by Gasteiger charge is -2.34. The number of aromatic nitrogens is 2. The molecular weight excluding hydrogens is 210 g/mol. The van der Waals surface area contributed by atoms with Gasteiger partial charge in [-0.05, 0) is 37.7 Å². The summed E-state index contributed by atoms with van der Waals surface area (Å²) in [4.78, 5) is 0. The molecule has 0 radical (unpaired) electrons. The summed E-state index contributed by atoms with van der Waals surface area (Å²) in [5, 5.41) is 4.43. The fraction of sp³-hybridized carbons (Fsp3) is 0.786. The van der Waals surface area contributed by atoms with Crippen LogP contribution in [0.1, 0.15) is 57.6 Å². The summed E-state index contributed by atoms with van der Waals surface area (Å²) in [6, 6.07) is 2.49. The topological polar surface area (TPSA) is 43.8 Å². The first-order chi connectivity index (χ1) is 8.26. The van der Waals surface area contributed by atoms with Gasteiger partial charge in [-0.1, -0.05) is 20.3 Å². The fourth-order valence-electron chi connectivity index (χ4n) is 3.05. The quantitative estimate of drug-likeness (QED) is 0.872. The van der Waals surface area contributed by atoms with Crippen molar-refractivity contribution in [3.8, 4) is 0 Å². The summed E-state index contributed by atoms with van der Waals surface area (Å²) < 4.78 is 2.16. The van der Waals surface area contributed by atoms with Gasteiger partial charge in [-0.15, -0.1) is 0 Å². The van der Waals surface area contributed by atoms with Crippen molar-refractivity contribution in [3.63, 3.8) is 0 Å². The highest BCUT2D eigenvalue weighted by molar-refractivity contribution is 5.12. The molecule has 3 unspecified atom stereocenters. The van der Waals surface area contributed by atoms with E-state index in [4.69, 9.17) is 5.73 Å². The maximum absolute atomic E-state index is 6.31. The van der Waals surface area contributed by atoms with Crippen LogP contribution in [-0.2, 0) is 6.54 Å². The molecule has 0 amide bonds. The molecule has 0 aliphatic heterocycles. The smallest absolute Gasteiger partial charge is 0.0492 e. The van der Waals surface area contributed by atoms with Gasteiger partial charge in [0.25, 0.3) is 0 Å². The van der Waals surface area contributed by atoms with Crippen LogP contribution in [0.3, 0.4) is 0 Å². The van der Waals surface area contributed by atoms with Gasteiger partial charge in [0.05, 0.1) is 0 Å². The van der Waals surface area contributed by atoms with Crippen LogP contribution >= 0.6 is 0 Å². The van der Waals surface area contributed by atoms with Crippen molar-refractivity contribution >= 4 is 0 Å². The van der Waals surface area contributed by atoms with Crippen molar-refractivity contribution in [2.24, 2.45) is 11.7 Å². The molecule has 0 saturated heterocycles. The van der Waals surface area contributed by atoms with Crippen molar-refractivity contribution in [3.05, 3.63) is 18.0 Å². The van der Waals surface area contributed by atoms with Crippen LogP contribution in [0.25, 0.3) is 0 Å². The average molecular weight is 235 g/mol. The van der Waals surface area contributed by atoms with Crippen LogP contribution in [0.15, 0.2) is 12.3 Å². The molecule has 1 fully saturated rings. The van der Waals surface area contributed by atoms with Crippen molar-refractivity contribution in [2.75, 3.05) is 0 Å². The van der Waals surface area contributed by atoms with E-state index in [1.807, 2.05) is 6.20 Å². The first-order valence-electron chi connectivity index (χ1n) is 7.03. The molecule has 0 aromatic carbocycles. The third-order valence-corrected chi connectivity index (χ3v) is 4.15. The van der Waals surface area contributed by atoms with E-state index in [9.17, 15) is 0 Å². The highest BCUT2D eigenvalue weighted by Crippen LogP contribution is 2.36. The second-order valence-corrected chi connectivity index (χ2v) is 5.34. The molecule has 2 rings (SSSR count). The Balaban J connectivity index is 2.15. The van der Waals surface area contributed by atoms with E-state index in [2.05, 4.69) is 29.7 Å². The van der Waals surface area contributed by atoms with Gasteiger partial charge < -0.3 is 5.73 Å². The molecule has 3 nitrogen and oxygen atoms in total. The third kappa shape index (κ3) is 2.71. The SMILES string of the molecule is CCCn1nccc1C1CC(CC)CCC1N. The Hall–Kier alpha value is -0.830. The minimum Gasteiger partial charge on any atom is -0.327 e. The van der Waals surface area contributed by atoms with Crippen molar-refractivity contribution in [1.29, 1.82) is 0 Å². The van der Waals surface area contributed by atoms with Crippen LogP contribution in [0.2, 0.25) is 0 Å². The molecule has 1 saturated carbocycles. The van der Waals surface area contributed by atoms with E-state index < -0.39 is 0 Å². The predicted molar refractivity (Wildman–Crippen MR) is 70.9 cm³/mol. The van der Waals surface area contributed by atoms with E-state index in [1.165, 1.54) is 31.4 Å². The highest BCUT2D eigenvalue weighted by Gasteiger charge is 2.30. The molecule has 96 valence electrons. The molecule has 1 heterocycles. The molecule has 2 N–H and O–H groups in total. The largest absolute Gasteiger partial charge is 0.327 e. The standard InChI is InChI=1S/C14H25N3/c1-3-9-17-14(7-8-16-17)12-10-11(4-2)5-6-13(12)15/h7-8,11-13H,3-6,9-10,15H2,1-2H3. The van der Waals surface area contributed by atoms with Gasteiger partial charge in [-0.2, -0.15) is 5.10 Å². The molecule has 1 aliphatic rings.